The second kappa shape index (κ2) is 3.55. The lowest BCUT2D eigenvalue weighted by molar-refractivity contribution is 0.785. The van der Waals surface area contributed by atoms with Gasteiger partial charge in [0.25, 0.3) is 5.56 Å². The molecule has 0 aromatic carbocycles. The van der Waals surface area contributed by atoms with Crippen molar-refractivity contribution >= 4 is 22.6 Å². The summed E-state index contributed by atoms with van der Waals surface area (Å²) >= 11 is 2.03. The molecule has 1 rings (SSSR count). The number of halogens is 1. The van der Waals surface area contributed by atoms with Gasteiger partial charge in [0.05, 0.1) is 9.26 Å². The van der Waals surface area contributed by atoms with Crippen molar-refractivity contribution in [2.45, 2.75) is 26.7 Å². The molecule has 1 heterocycles. The Morgan fingerprint density at radius 3 is 2.58 bits per heavy atom. The number of H-pyrrole nitrogens is 1. The molecule has 0 saturated carbocycles. The largest absolute Gasteiger partial charge is 0.310 e. The van der Waals surface area contributed by atoms with Crippen LogP contribution in [0.2, 0.25) is 0 Å². The number of aromatic nitrogens is 2. The number of nitrogens with one attached hydrogen (secondary N) is 1. The molecule has 66 valence electrons. The Bertz CT molecular complexity index is 343. The third kappa shape index (κ3) is 1.85. The van der Waals surface area contributed by atoms with Gasteiger partial charge in [0.2, 0.25) is 0 Å². The minimum absolute atomic E-state index is 0.0354. The first-order valence-electron chi connectivity index (χ1n) is 3.78. The van der Waals surface area contributed by atoms with E-state index in [1.807, 2.05) is 36.4 Å². The van der Waals surface area contributed by atoms with Crippen LogP contribution in [0.1, 0.15) is 31.3 Å². The van der Waals surface area contributed by atoms with Crippen LogP contribution in [0.4, 0.5) is 0 Å². The number of rotatable bonds is 1. The van der Waals surface area contributed by atoms with Gasteiger partial charge in [-0.1, -0.05) is 13.8 Å². The lowest BCUT2D eigenvalue weighted by atomic mass is 10.1. The Hall–Kier alpha value is -0.390. The smallest absolute Gasteiger partial charge is 0.264 e. The number of aryl methyl sites for hydroxylation is 1. The number of hydrogen-bond donors (Lipinski definition) is 1. The van der Waals surface area contributed by atoms with Crippen molar-refractivity contribution in [2.75, 3.05) is 0 Å². The summed E-state index contributed by atoms with van der Waals surface area (Å²) in [5.41, 5.74) is 0.851. The van der Waals surface area contributed by atoms with Crippen LogP contribution in [0.3, 0.4) is 0 Å². The Kier molecular flexibility index (Phi) is 2.87. The van der Waals surface area contributed by atoms with Crippen LogP contribution in [0.25, 0.3) is 0 Å². The lowest BCUT2D eigenvalue weighted by Gasteiger charge is -2.06. The highest BCUT2D eigenvalue weighted by atomic mass is 127. The van der Waals surface area contributed by atoms with Crippen molar-refractivity contribution in [2.24, 2.45) is 0 Å². The summed E-state index contributed by atoms with van der Waals surface area (Å²) in [6.07, 6.45) is 0. The molecule has 0 aliphatic heterocycles. The van der Waals surface area contributed by atoms with Crippen molar-refractivity contribution in [3.63, 3.8) is 0 Å². The fourth-order valence-corrected chi connectivity index (χ4v) is 1.85. The molecule has 1 aromatic rings. The second-order valence-electron chi connectivity index (χ2n) is 3.01. The van der Waals surface area contributed by atoms with Gasteiger partial charge < -0.3 is 4.98 Å². The summed E-state index contributed by atoms with van der Waals surface area (Å²) in [6.45, 7) is 5.86. The van der Waals surface area contributed by atoms with E-state index in [0.29, 0.717) is 15.3 Å². The Balaban J connectivity index is 3.38. The lowest BCUT2D eigenvalue weighted by Crippen LogP contribution is -2.17. The summed E-state index contributed by atoms with van der Waals surface area (Å²) in [5.74, 6) is 0.988. The maximum Gasteiger partial charge on any atom is 0.264 e. The summed E-state index contributed by atoms with van der Waals surface area (Å²) in [4.78, 5) is 18.2. The molecular formula is C8H11IN2O. The summed E-state index contributed by atoms with van der Waals surface area (Å²) < 4.78 is 0.702. The van der Waals surface area contributed by atoms with Gasteiger partial charge in [0.15, 0.2) is 0 Å². The second-order valence-corrected chi connectivity index (χ2v) is 4.08. The van der Waals surface area contributed by atoms with Crippen molar-refractivity contribution in [1.82, 2.24) is 9.97 Å². The number of hydrogen-bond acceptors (Lipinski definition) is 2. The molecule has 12 heavy (non-hydrogen) atoms. The molecule has 0 unspecified atom stereocenters. The maximum atomic E-state index is 11.3. The molecule has 1 aromatic heterocycles. The third-order valence-electron chi connectivity index (χ3n) is 1.55. The molecule has 0 bridgehead atoms. The van der Waals surface area contributed by atoms with Gasteiger partial charge in [-0.15, -0.1) is 0 Å². The average Bonchev–Trinajstić information content (AvgIpc) is 1.96. The minimum Gasteiger partial charge on any atom is -0.310 e. The van der Waals surface area contributed by atoms with Crippen molar-refractivity contribution in [1.29, 1.82) is 0 Å². The zero-order chi connectivity index (χ0) is 9.30. The molecule has 0 radical (unpaired) electrons. The molecule has 0 spiro atoms. The van der Waals surface area contributed by atoms with Crippen molar-refractivity contribution in [3.8, 4) is 0 Å². The summed E-state index contributed by atoms with van der Waals surface area (Å²) in [7, 11) is 0. The zero-order valence-electron chi connectivity index (χ0n) is 7.31. The van der Waals surface area contributed by atoms with E-state index in [1.165, 1.54) is 0 Å². The van der Waals surface area contributed by atoms with E-state index in [-0.39, 0.29) is 5.56 Å². The minimum atomic E-state index is -0.0354. The molecule has 0 aliphatic carbocycles. The van der Waals surface area contributed by atoms with E-state index in [0.717, 1.165) is 5.69 Å². The third-order valence-corrected chi connectivity index (χ3v) is 2.60. The zero-order valence-corrected chi connectivity index (χ0v) is 9.47. The van der Waals surface area contributed by atoms with E-state index in [2.05, 4.69) is 9.97 Å². The maximum absolute atomic E-state index is 11.3. The van der Waals surface area contributed by atoms with Gasteiger partial charge in [-0.2, -0.15) is 0 Å². The van der Waals surface area contributed by atoms with Crippen LogP contribution in [0.15, 0.2) is 4.79 Å². The quantitative estimate of drug-likeness (QED) is 0.796. The van der Waals surface area contributed by atoms with Gasteiger partial charge in [-0.25, -0.2) is 4.98 Å². The molecule has 1 N–H and O–H groups in total. The number of aromatic amines is 1. The molecule has 0 aliphatic rings. The summed E-state index contributed by atoms with van der Waals surface area (Å²) in [6, 6.07) is 0. The fraction of sp³-hybridized carbons (Fsp3) is 0.500. The average molecular weight is 278 g/mol. The summed E-state index contributed by atoms with van der Waals surface area (Å²) in [5, 5.41) is 0. The van der Waals surface area contributed by atoms with Crippen LogP contribution >= 0.6 is 22.6 Å². The van der Waals surface area contributed by atoms with Crippen LogP contribution in [0, 0.1) is 10.5 Å². The van der Waals surface area contributed by atoms with E-state index >= 15 is 0 Å². The Labute approximate surface area is 84.8 Å². The Morgan fingerprint density at radius 1 is 1.50 bits per heavy atom. The molecule has 0 saturated heterocycles. The molecular weight excluding hydrogens is 267 g/mol. The normalized spacial score (nSPS) is 10.8. The first-order chi connectivity index (χ1) is 5.52. The van der Waals surface area contributed by atoms with Crippen LogP contribution in [-0.4, -0.2) is 9.97 Å². The Morgan fingerprint density at radius 2 is 2.08 bits per heavy atom. The van der Waals surface area contributed by atoms with Gasteiger partial charge in [0.1, 0.15) is 5.82 Å². The van der Waals surface area contributed by atoms with E-state index < -0.39 is 0 Å². The topological polar surface area (TPSA) is 45.8 Å². The monoisotopic (exact) mass is 278 g/mol. The highest BCUT2D eigenvalue weighted by Crippen LogP contribution is 2.14. The van der Waals surface area contributed by atoms with Crippen molar-refractivity contribution in [3.05, 3.63) is 25.4 Å². The van der Waals surface area contributed by atoms with Crippen molar-refractivity contribution < 1.29 is 0 Å². The first kappa shape index (κ1) is 9.70. The SMILES string of the molecule is Cc1nc(C(C)C)c(I)c(=O)[nH]1. The van der Waals surface area contributed by atoms with E-state index in [4.69, 9.17) is 0 Å². The molecule has 4 heteroatoms. The predicted octanol–water partition coefficient (Wildman–Crippen LogP) is 1.81. The van der Waals surface area contributed by atoms with E-state index in [9.17, 15) is 4.79 Å². The predicted molar refractivity (Wildman–Crippen MR) is 56.4 cm³/mol. The molecule has 0 amide bonds. The van der Waals surface area contributed by atoms with Gasteiger partial charge in [-0.3, -0.25) is 4.79 Å². The highest BCUT2D eigenvalue weighted by Gasteiger charge is 2.09. The highest BCUT2D eigenvalue weighted by molar-refractivity contribution is 14.1. The first-order valence-corrected chi connectivity index (χ1v) is 4.86. The van der Waals surface area contributed by atoms with E-state index in [1.54, 1.807) is 6.92 Å². The fourth-order valence-electron chi connectivity index (χ4n) is 0.976. The van der Waals surface area contributed by atoms with Crippen LogP contribution in [0.5, 0.6) is 0 Å². The van der Waals surface area contributed by atoms with Gasteiger partial charge in [-0.05, 0) is 35.4 Å². The van der Waals surface area contributed by atoms with Gasteiger partial charge in [0, 0.05) is 0 Å². The number of nitrogens with zero attached hydrogens (tertiary/aromatic N) is 1. The van der Waals surface area contributed by atoms with Gasteiger partial charge >= 0.3 is 0 Å². The molecule has 3 nitrogen and oxygen atoms in total. The standard InChI is InChI=1S/C8H11IN2O/c1-4(2)7-6(9)8(12)11-5(3)10-7/h4H,1-3H3,(H,10,11,12). The molecule has 0 fully saturated rings. The van der Waals surface area contributed by atoms with Crippen LogP contribution < -0.4 is 5.56 Å². The van der Waals surface area contributed by atoms with Crippen LogP contribution in [-0.2, 0) is 0 Å². The molecule has 0 atom stereocenters.